The third-order valence-corrected chi connectivity index (χ3v) is 4.40. The van der Waals surface area contributed by atoms with Crippen LogP contribution in [0.4, 0.5) is 0 Å². The van der Waals surface area contributed by atoms with Gasteiger partial charge >= 0.3 is 0 Å². The van der Waals surface area contributed by atoms with Crippen molar-refractivity contribution in [3.8, 4) is 0 Å². The summed E-state index contributed by atoms with van der Waals surface area (Å²) in [5.41, 5.74) is 1.16. The molecule has 1 aromatic carbocycles. The highest BCUT2D eigenvalue weighted by Gasteiger charge is 2.26. The van der Waals surface area contributed by atoms with Gasteiger partial charge in [0.05, 0.1) is 0 Å². The number of nitrogens with zero attached hydrogens (tertiary/aromatic N) is 1. The van der Waals surface area contributed by atoms with Crippen molar-refractivity contribution >= 4 is 23.4 Å². The quantitative estimate of drug-likeness (QED) is 0.906. The van der Waals surface area contributed by atoms with Gasteiger partial charge < -0.3 is 10.2 Å². The monoisotopic (exact) mass is 322 g/mol. The van der Waals surface area contributed by atoms with Crippen LogP contribution in [0.5, 0.6) is 0 Å². The first-order valence-electron chi connectivity index (χ1n) is 7.90. The van der Waals surface area contributed by atoms with E-state index in [-0.39, 0.29) is 17.7 Å². The topological polar surface area (TPSA) is 49.4 Å². The Morgan fingerprint density at radius 2 is 1.86 bits per heavy atom. The number of rotatable bonds is 5. The summed E-state index contributed by atoms with van der Waals surface area (Å²) in [6.45, 7) is 3.90. The summed E-state index contributed by atoms with van der Waals surface area (Å²) in [6.07, 6.45) is 2.87. The average Bonchev–Trinajstić information content (AvgIpc) is 2.56. The second kappa shape index (κ2) is 8.18. The Morgan fingerprint density at radius 1 is 1.23 bits per heavy atom. The van der Waals surface area contributed by atoms with Gasteiger partial charge in [-0.3, -0.25) is 9.59 Å². The number of hydrogen-bond acceptors (Lipinski definition) is 2. The Bertz CT molecular complexity index is 508. The molecule has 0 bridgehead atoms. The van der Waals surface area contributed by atoms with E-state index in [2.05, 4.69) is 5.32 Å². The summed E-state index contributed by atoms with van der Waals surface area (Å²) in [4.78, 5) is 25.6. The Labute approximate surface area is 136 Å². The lowest BCUT2D eigenvalue weighted by molar-refractivity contribution is -0.135. The Hall–Kier alpha value is -1.55. The van der Waals surface area contributed by atoms with Gasteiger partial charge in [-0.25, -0.2) is 0 Å². The molecule has 0 aliphatic carbocycles. The number of halogens is 1. The van der Waals surface area contributed by atoms with Gasteiger partial charge in [-0.15, -0.1) is 0 Å². The second-order valence-corrected chi connectivity index (χ2v) is 6.11. The zero-order valence-electron chi connectivity index (χ0n) is 13.0. The van der Waals surface area contributed by atoms with Crippen LogP contribution in [0.2, 0.25) is 5.02 Å². The van der Waals surface area contributed by atoms with Crippen molar-refractivity contribution in [1.82, 2.24) is 10.2 Å². The van der Waals surface area contributed by atoms with Gasteiger partial charge in [-0.2, -0.15) is 0 Å². The molecule has 22 heavy (non-hydrogen) atoms. The highest BCUT2D eigenvalue weighted by Crippen LogP contribution is 2.18. The first-order valence-corrected chi connectivity index (χ1v) is 8.28. The Morgan fingerprint density at radius 3 is 2.45 bits per heavy atom. The molecule has 0 spiro atoms. The van der Waals surface area contributed by atoms with Gasteiger partial charge in [0.25, 0.3) is 0 Å². The van der Waals surface area contributed by atoms with E-state index in [9.17, 15) is 9.59 Å². The SMILES string of the molecule is CCC(=O)N1CCC(C(=O)NCCc2ccc(Cl)cc2)CC1. The van der Waals surface area contributed by atoms with Crippen LogP contribution in [0, 0.1) is 5.92 Å². The molecule has 2 amide bonds. The standard InChI is InChI=1S/C17H23ClN2O2/c1-2-16(21)20-11-8-14(9-12-20)17(22)19-10-7-13-3-5-15(18)6-4-13/h3-6,14H,2,7-12H2,1H3,(H,19,22). The van der Waals surface area contributed by atoms with E-state index in [1.54, 1.807) is 0 Å². The van der Waals surface area contributed by atoms with Crippen molar-refractivity contribution in [3.05, 3.63) is 34.9 Å². The van der Waals surface area contributed by atoms with Crippen molar-refractivity contribution in [3.63, 3.8) is 0 Å². The third kappa shape index (κ3) is 4.73. The van der Waals surface area contributed by atoms with Crippen molar-refractivity contribution in [2.75, 3.05) is 19.6 Å². The molecule has 0 aromatic heterocycles. The van der Waals surface area contributed by atoms with Crippen molar-refractivity contribution in [2.45, 2.75) is 32.6 Å². The summed E-state index contributed by atoms with van der Waals surface area (Å²) < 4.78 is 0. The van der Waals surface area contributed by atoms with Crippen LogP contribution >= 0.6 is 11.6 Å². The number of amides is 2. The molecular formula is C17H23ClN2O2. The molecule has 1 aliphatic rings. The van der Waals surface area contributed by atoms with Gasteiger partial charge in [0, 0.05) is 37.0 Å². The first-order chi connectivity index (χ1) is 10.6. The molecule has 1 aliphatic heterocycles. The van der Waals surface area contributed by atoms with E-state index in [1.165, 1.54) is 0 Å². The molecule has 5 heteroatoms. The predicted octanol–water partition coefficient (Wildman–Crippen LogP) is 2.65. The summed E-state index contributed by atoms with van der Waals surface area (Å²) in [5.74, 6) is 0.324. The predicted molar refractivity (Wildman–Crippen MR) is 87.8 cm³/mol. The fraction of sp³-hybridized carbons (Fsp3) is 0.529. The van der Waals surface area contributed by atoms with E-state index in [4.69, 9.17) is 11.6 Å². The Kier molecular flexibility index (Phi) is 6.25. The number of benzene rings is 1. The van der Waals surface area contributed by atoms with Crippen LogP contribution in [0.15, 0.2) is 24.3 Å². The summed E-state index contributed by atoms with van der Waals surface area (Å²) in [7, 11) is 0. The number of carbonyl (C=O) groups is 2. The molecule has 1 saturated heterocycles. The molecule has 1 fully saturated rings. The van der Waals surface area contributed by atoms with Crippen molar-refractivity contribution in [1.29, 1.82) is 0 Å². The fourth-order valence-corrected chi connectivity index (χ4v) is 2.87. The molecule has 1 heterocycles. The van der Waals surface area contributed by atoms with Crippen LogP contribution in [0.1, 0.15) is 31.7 Å². The number of piperidine rings is 1. The minimum absolute atomic E-state index is 0.0334. The van der Waals surface area contributed by atoms with Crippen molar-refractivity contribution in [2.24, 2.45) is 5.92 Å². The van der Waals surface area contributed by atoms with E-state index < -0.39 is 0 Å². The molecular weight excluding hydrogens is 300 g/mol. The molecule has 0 saturated carbocycles. The summed E-state index contributed by atoms with van der Waals surface area (Å²) in [5, 5.41) is 3.72. The second-order valence-electron chi connectivity index (χ2n) is 5.68. The summed E-state index contributed by atoms with van der Waals surface area (Å²) in [6, 6.07) is 7.67. The lowest BCUT2D eigenvalue weighted by Crippen LogP contribution is -2.43. The summed E-state index contributed by atoms with van der Waals surface area (Å²) >= 11 is 5.84. The van der Waals surface area contributed by atoms with E-state index in [0.717, 1.165) is 29.8 Å². The highest BCUT2D eigenvalue weighted by atomic mass is 35.5. The zero-order chi connectivity index (χ0) is 15.9. The fourth-order valence-electron chi connectivity index (χ4n) is 2.74. The molecule has 0 radical (unpaired) electrons. The smallest absolute Gasteiger partial charge is 0.223 e. The lowest BCUT2D eigenvalue weighted by atomic mass is 9.95. The maximum Gasteiger partial charge on any atom is 0.223 e. The van der Waals surface area contributed by atoms with Gasteiger partial charge in [0.15, 0.2) is 0 Å². The number of hydrogen-bond donors (Lipinski definition) is 1. The van der Waals surface area contributed by atoms with Gasteiger partial charge in [-0.1, -0.05) is 30.7 Å². The van der Waals surface area contributed by atoms with Crippen LogP contribution < -0.4 is 5.32 Å². The minimum atomic E-state index is 0.0334. The van der Waals surface area contributed by atoms with E-state index in [1.807, 2.05) is 36.1 Å². The average molecular weight is 323 g/mol. The van der Waals surface area contributed by atoms with Crippen LogP contribution in [0.25, 0.3) is 0 Å². The first kappa shape index (κ1) is 16.8. The van der Waals surface area contributed by atoms with E-state index in [0.29, 0.717) is 26.1 Å². The van der Waals surface area contributed by atoms with E-state index >= 15 is 0 Å². The number of likely N-dealkylation sites (tertiary alicyclic amines) is 1. The lowest BCUT2D eigenvalue weighted by Gasteiger charge is -2.31. The molecule has 2 rings (SSSR count). The molecule has 0 atom stereocenters. The zero-order valence-corrected chi connectivity index (χ0v) is 13.7. The molecule has 0 unspecified atom stereocenters. The van der Waals surface area contributed by atoms with Crippen LogP contribution in [-0.4, -0.2) is 36.3 Å². The number of nitrogens with one attached hydrogen (secondary N) is 1. The highest BCUT2D eigenvalue weighted by molar-refractivity contribution is 6.30. The molecule has 1 N–H and O–H groups in total. The van der Waals surface area contributed by atoms with Gasteiger partial charge in [-0.05, 0) is 37.0 Å². The third-order valence-electron chi connectivity index (χ3n) is 4.15. The minimum Gasteiger partial charge on any atom is -0.356 e. The van der Waals surface area contributed by atoms with Crippen LogP contribution in [0.3, 0.4) is 0 Å². The Balaban J connectivity index is 1.70. The molecule has 120 valence electrons. The maximum absolute atomic E-state index is 12.2. The maximum atomic E-state index is 12.2. The molecule has 4 nitrogen and oxygen atoms in total. The molecule has 1 aromatic rings. The number of carbonyl (C=O) groups excluding carboxylic acids is 2. The largest absolute Gasteiger partial charge is 0.356 e. The normalized spacial score (nSPS) is 15.6. The van der Waals surface area contributed by atoms with Gasteiger partial charge in [0.1, 0.15) is 0 Å². The van der Waals surface area contributed by atoms with Crippen LogP contribution in [-0.2, 0) is 16.0 Å². The van der Waals surface area contributed by atoms with Gasteiger partial charge in [0.2, 0.25) is 11.8 Å². The van der Waals surface area contributed by atoms with Crippen molar-refractivity contribution < 1.29 is 9.59 Å².